The van der Waals surface area contributed by atoms with E-state index in [4.69, 9.17) is 15.3 Å². The second kappa shape index (κ2) is 139. The number of rotatable bonds is 0. The molecule has 0 heterocycles. The third kappa shape index (κ3) is 7420. The molecule has 15 N–H and O–H groups in total. The van der Waals surface area contributed by atoms with E-state index < -0.39 is 5.09 Å². The molecule has 0 aromatic rings. The van der Waals surface area contributed by atoms with Gasteiger partial charge in [0.2, 0.25) is 0 Å². The van der Waals surface area contributed by atoms with E-state index in [0.717, 1.165) is 0 Å². The normalized spacial score (nSPS) is 2.00. The molecule has 12 heavy (non-hydrogen) atoms. The Morgan fingerprint density at radius 1 is 0.917 bits per heavy atom. The van der Waals surface area contributed by atoms with Gasteiger partial charge in [0.05, 0.1) is 0 Å². The molecule has 0 aromatic heterocycles. The summed E-state index contributed by atoms with van der Waals surface area (Å²) in [6.07, 6.45) is 0. The van der Waals surface area contributed by atoms with Crippen molar-refractivity contribution in [1.29, 1.82) is 0 Å². The molecule has 11 nitrogen and oxygen atoms in total. The summed E-state index contributed by atoms with van der Waals surface area (Å²) in [4.78, 5) is 8.36. The molecule has 0 rings (SSSR count). The number of nitrogens with zero attached hydrogens (tertiary/aromatic N) is 1. The van der Waals surface area contributed by atoms with Gasteiger partial charge in [0, 0.05) is 0 Å². The first-order chi connectivity index (χ1) is 1.73. The van der Waals surface area contributed by atoms with E-state index in [1.807, 2.05) is 0 Å². The first-order valence-electron chi connectivity index (χ1n) is 0.565. The molecule has 0 bridgehead atoms. The SMILES string of the molecule is O.O.O.O.O.O.O.O=[N+]([O-])O.[H-].[H-].[Mg+2]. The standard InChI is InChI=1S/Mg.HNO3.7H2O.2H/c;2-1(3)4;;;;;;;;;/h;(H,2,3,4);7*1H2;;/q+2;;;;;;;;;2*-1. The van der Waals surface area contributed by atoms with Crippen LogP contribution in [0.15, 0.2) is 0 Å². The van der Waals surface area contributed by atoms with Crippen LogP contribution < -0.4 is 0 Å². The summed E-state index contributed by atoms with van der Waals surface area (Å²) in [5, 5.41) is 13.6. The van der Waals surface area contributed by atoms with Crippen LogP contribution in [0.5, 0.6) is 0 Å². The van der Waals surface area contributed by atoms with Crippen molar-refractivity contribution in [2.75, 3.05) is 0 Å². The van der Waals surface area contributed by atoms with Gasteiger partial charge in [0.25, 0.3) is 5.09 Å². The maximum Gasteiger partial charge on any atom is 2.00 e. The largest absolute Gasteiger partial charge is 2.00 e. The van der Waals surface area contributed by atoms with Crippen molar-refractivity contribution in [1.82, 2.24) is 0 Å². The Bertz CT molecular complexity index is 41.1. The summed E-state index contributed by atoms with van der Waals surface area (Å²) >= 11 is 0. The molecule has 0 fully saturated rings. The van der Waals surface area contributed by atoms with Crippen molar-refractivity contribution >= 4 is 23.1 Å². The van der Waals surface area contributed by atoms with Crippen molar-refractivity contribution in [2.24, 2.45) is 0 Å². The molecule has 84 valence electrons. The summed E-state index contributed by atoms with van der Waals surface area (Å²) in [7, 11) is 0. The van der Waals surface area contributed by atoms with Crippen LogP contribution in [0.4, 0.5) is 0 Å². The number of hydrogen-bond donors (Lipinski definition) is 1. The van der Waals surface area contributed by atoms with E-state index in [-0.39, 0.29) is 64.2 Å². The fourth-order valence-corrected chi connectivity index (χ4v) is 0. The third-order valence-electron chi connectivity index (χ3n) is 0. The average molecular weight is 215 g/mol. The molecular formula is H17MgNO10. The van der Waals surface area contributed by atoms with Gasteiger partial charge >= 0.3 is 23.1 Å². The topological polar surface area (TPSA) is 284 Å². The molecule has 0 spiro atoms. The minimum absolute atomic E-state index is 0. The van der Waals surface area contributed by atoms with E-state index in [1.165, 1.54) is 0 Å². The summed E-state index contributed by atoms with van der Waals surface area (Å²) in [6.45, 7) is 0. The zero-order valence-corrected chi connectivity index (χ0v) is 7.33. The Balaban J connectivity index is -0.000000001000. The van der Waals surface area contributed by atoms with Crippen LogP contribution in [0.3, 0.4) is 0 Å². The Labute approximate surface area is 85.4 Å². The summed E-state index contributed by atoms with van der Waals surface area (Å²) in [5.41, 5.74) is 0. The summed E-state index contributed by atoms with van der Waals surface area (Å²) < 4.78 is 0. The molecule has 0 aliphatic rings. The van der Waals surface area contributed by atoms with E-state index in [9.17, 15) is 0 Å². The van der Waals surface area contributed by atoms with Crippen LogP contribution in [0, 0.1) is 10.1 Å². The average Bonchev–Trinajstić information content (AvgIpc) is 0.811. The Morgan fingerprint density at radius 3 is 0.917 bits per heavy atom. The minimum Gasteiger partial charge on any atom is -1.00 e. The Morgan fingerprint density at radius 2 is 0.917 bits per heavy atom. The van der Waals surface area contributed by atoms with Crippen molar-refractivity contribution in [3.8, 4) is 0 Å². The van der Waals surface area contributed by atoms with Crippen LogP contribution in [-0.4, -0.2) is 71.7 Å². The fourth-order valence-electron chi connectivity index (χ4n) is 0. The van der Waals surface area contributed by atoms with Gasteiger partial charge in [-0.25, -0.2) is 0 Å². The molecule has 0 aromatic carbocycles. The molecule has 0 unspecified atom stereocenters. The second-order valence-electron chi connectivity index (χ2n) is 0.238. The maximum absolute atomic E-state index is 8.36. The molecule has 0 aliphatic carbocycles. The Kier molecular flexibility index (Phi) is 2140. The van der Waals surface area contributed by atoms with E-state index in [1.54, 1.807) is 0 Å². The van der Waals surface area contributed by atoms with E-state index >= 15 is 0 Å². The van der Waals surface area contributed by atoms with E-state index in [0.29, 0.717) is 0 Å². The van der Waals surface area contributed by atoms with Gasteiger partial charge in [-0.1, -0.05) is 0 Å². The third-order valence-corrected chi connectivity index (χ3v) is 0. The first kappa shape index (κ1) is 185. The van der Waals surface area contributed by atoms with Crippen molar-refractivity contribution in [3.63, 3.8) is 0 Å². The fraction of sp³-hybridized carbons (Fsp3) is 0. The summed E-state index contributed by atoms with van der Waals surface area (Å²) in [5.74, 6) is 0. The van der Waals surface area contributed by atoms with Crippen LogP contribution in [0.2, 0.25) is 0 Å². The number of hydrogen-bond acceptors (Lipinski definition) is 2. The van der Waals surface area contributed by atoms with Crippen LogP contribution in [0.25, 0.3) is 0 Å². The zero-order valence-electron chi connectivity index (χ0n) is 7.92. The minimum atomic E-state index is -1.50. The van der Waals surface area contributed by atoms with Crippen LogP contribution >= 0.6 is 0 Å². The quantitative estimate of drug-likeness (QED) is 0.234. The van der Waals surface area contributed by atoms with Crippen molar-refractivity contribution in [3.05, 3.63) is 10.1 Å². The van der Waals surface area contributed by atoms with Crippen LogP contribution in [-0.2, 0) is 0 Å². The molecular weight excluding hydrogens is 198 g/mol. The van der Waals surface area contributed by atoms with Gasteiger partial charge < -0.3 is 46.4 Å². The van der Waals surface area contributed by atoms with Gasteiger partial charge in [0.1, 0.15) is 0 Å². The molecule has 0 atom stereocenters. The maximum atomic E-state index is 8.36. The van der Waals surface area contributed by atoms with Crippen LogP contribution in [0.1, 0.15) is 2.85 Å². The van der Waals surface area contributed by atoms with Gasteiger partial charge in [-0.05, 0) is 0 Å². The van der Waals surface area contributed by atoms with Crippen molar-refractivity contribution < 1.29 is 51.5 Å². The molecule has 0 radical (unpaired) electrons. The van der Waals surface area contributed by atoms with Crippen molar-refractivity contribution in [2.45, 2.75) is 0 Å². The Hall–Kier alpha value is -0.314. The molecule has 0 amide bonds. The monoisotopic (exact) mass is 215 g/mol. The second-order valence-corrected chi connectivity index (χ2v) is 0.238. The molecule has 0 saturated heterocycles. The van der Waals surface area contributed by atoms with Gasteiger partial charge in [-0.15, -0.1) is 10.1 Å². The first-order valence-corrected chi connectivity index (χ1v) is 0.565. The molecule has 0 saturated carbocycles. The molecule has 0 aliphatic heterocycles. The predicted molar refractivity (Wildman–Crippen MR) is 42.1 cm³/mol. The molecule has 12 heteroatoms. The zero-order chi connectivity index (χ0) is 3.58. The van der Waals surface area contributed by atoms with E-state index in [2.05, 4.69) is 0 Å². The van der Waals surface area contributed by atoms with Gasteiger partial charge in [0.15, 0.2) is 0 Å². The smallest absolute Gasteiger partial charge is 1.00 e. The van der Waals surface area contributed by atoms with Gasteiger partial charge in [-0.2, -0.15) is 0 Å². The predicted octanol–water partition coefficient (Wildman–Crippen LogP) is -6.28. The van der Waals surface area contributed by atoms with Gasteiger partial charge in [-0.3, -0.25) is 0 Å². The summed E-state index contributed by atoms with van der Waals surface area (Å²) in [6, 6.07) is 0.